The highest BCUT2D eigenvalue weighted by Gasteiger charge is 1.92. The highest BCUT2D eigenvalue weighted by atomic mass is 127. The van der Waals surface area contributed by atoms with E-state index in [1.165, 1.54) is 6.47 Å². The Hall–Kier alpha value is -0.240. The topological polar surface area (TPSA) is 26.3 Å². The summed E-state index contributed by atoms with van der Waals surface area (Å²) in [5.74, 6) is 2.17. The van der Waals surface area contributed by atoms with Gasteiger partial charge in [0.2, 0.25) is 4.11 Å². The Balaban J connectivity index is 3.21. The molecule has 7 heavy (non-hydrogen) atoms. The number of alkyl halides is 1. The zero-order chi connectivity index (χ0) is 5.70. The van der Waals surface area contributed by atoms with Crippen molar-refractivity contribution in [2.75, 3.05) is 0 Å². The fourth-order valence-corrected chi connectivity index (χ4v) is 0.180. The summed E-state index contributed by atoms with van der Waals surface area (Å²) in [6.07, 6.45) is 4.80. The van der Waals surface area contributed by atoms with Crippen molar-refractivity contribution in [2.24, 2.45) is 0 Å². The molecule has 37 valence electrons. The van der Waals surface area contributed by atoms with E-state index >= 15 is 0 Å². The predicted octanol–water partition coefficient (Wildman–Crippen LogP) is 0.465. The maximum atomic E-state index is 9.33. The Kier molecular flexibility index (Phi) is 3.80. The number of hydrogen-bond acceptors (Lipinski definition) is 2. The van der Waals surface area contributed by atoms with Crippen LogP contribution in [-0.2, 0) is 9.53 Å². The fraction of sp³-hybridized carbons (Fsp3) is 0.250. The molecule has 1 atom stereocenters. The standard InChI is InChI=1S/C4H2IO2/c1-2-4(5)7-3-6/h1,4H. The average Bonchev–Trinajstić information content (AvgIpc) is 1.68. The molecule has 3 heteroatoms. The number of halogens is 1. The van der Waals surface area contributed by atoms with Gasteiger partial charge in [-0.15, -0.1) is 6.42 Å². The Morgan fingerprint density at radius 3 is 2.57 bits per heavy atom. The molecule has 0 aromatic heterocycles. The molecular weight excluding hydrogens is 207 g/mol. The summed E-state index contributed by atoms with van der Waals surface area (Å²) in [5, 5.41) is 0. The second-order valence-corrected chi connectivity index (χ2v) is 1.82. The molecule has 0 saturated carbocycles. The minimum absolute atomic E-state index is 0.477. The van der Waals surface area contributed by atoms with Crippen molar-refractivity contribution in [3.8, 4) is 12.3 Å². The first-order chi connectivity index (χ1) is 3.31. The van der Waals surface area contributed by atoms with Gasteiger partial charge in [-0.3, -0.25) is 0 Å². The van der Waals surface area contributed by atoms with Gasteiger partial charge in [0.15, 0.2) is 0 Å². The zero-order valence-electron chi connectivity index (χ0n) is 3.35. The SMILES string of the molecule is C#CC(I)O[C]=O. The Morgan fingerprint density at radius 2 is 2.43 bits per heavy atom. The van der Waals surface area contributed by atoms with Crippen LogP contribution in [0.4, 0.5) is 0 Å². The number of hydrogen-bond donors (Lipinski definition) is 0. The first-order valence-corrected chi connectivity index (χ1v) is 2.69. The zero-order valence-corrected chi connectivity index (χ0v) is 5.51. The van der Waals surface area contributed by atoms with Crippen LogP contribution in [0.5, 0.6) is 0 Å². The van der Waals surface area contributed by atoms with Crippen molar-refractivity contribution in [1.82, 2.24) is 0 Å². The van der Waals surface area contributed by atoms with E-state index in [1.54, 1.807) is 22.6 Å². The molecule has 0 aromatic carbocycles. The predicted molar refractivity (Wildman–Crippen MR) is 33.4 cm³/mol. The molecule has 0 aliphatic rings. The number of rotatable bonds is 2. The van der Waals surface area contributed by atoms with Crippen LogP contribution in [0, 0.1) is 12.3 Å². The van der Waals surface area contributed by atoms with Crippen LogP contribution in [0.15, 0.2) is 0 Å². The van der Waals surface area contributed by atoms with Crippen LogP contribution in [-0.4, -0.2) is 10.6 Å². The Morgan fingerprint density at radius 1 is 1.86 bits per heavy atom. The summed E-state index contributed by atoms with van der Waals surface area (Å²) in [7, 11) is 0. The fourth-order valence-electron chi connectivity index (χ4n) is 0.0763. The van der Waals surface area contributed by atoms with Gasteiger partial charge in [-0.05, 0) is 22.6 Å². The normalized spacial score (nSPS) is 11.4. The van der Waals surface area contributed by atoms with Crippen molar-refractivity contribution in [3.05, 3.63) is 0 Å². The smallest absolute Gasteiger partial charge is 0.419 e. The van der Waals surface area contributed by atoms with E-state index in [2.05, 4.69) is 10.7 Å². The first kappa shape index (κ1) is 6.76. The maximum Gasteiger partial charge on any atom is 0.419 e. The third kappa shape index (κ3) is 3.59. The molecule has 0 aliphatic heterocycles. The second kappa shape index (κ2) is 3.93. The van der Waals surface area contributed by atoms with E-state index < -0.39 is 4.11 Å². The van der Waals surface area contributed by atoms with Crippen molar-refractivity contribution in [1.29, 1.82) is 0 Å². The van der Waals surface area contributed by atoms with Crippen LogP contribution in [0.3, 0.4) is 0 Å². The van der Waals surface area contributed by atoms with E-state index in [0.29, 0.717) is 0 Å². The number of carbonyl (C=O) groups excluding carboxylic acids is 1. The van der Waals surface area contributed by atoms with Crippen LogP contribution in [0.25, 0.3) is 0 Å². The van der Waals surface area contributed by atoms with Crippen LogP contribution in [0.1, 0.15) is 0 Å². The molecule has 0 N–H and O–H groups in total. The van der Waals surface area contributed by atoms with Gasteiger partial charge in [0.1, 0.15) is 0 Å². The Labute approximate surface area is 55.4 Å². The van der Waals surface area contributed by atoms with Crippen molar-refractivity contribution < 1.29 is 9.53 Å². The van der Waals surface area contributed by atoms with E-state index in [0.717, 1.165) is 0 Å². The van der Waals surface area contributed by atoms with Crippen molar-refractivity contribution >= 4 is 29.1 Å². The second-order valence-electron chi connectivity index (χ2n) is 0.684. The van der Waals surface area contributed by atoms with Crippen molar-refractivity contribution in [2.45, 2.75) is 4.11 Å². The van der Waals surface area contributed by atoms with Gasteiger partial charge in [-0.1, -0.05) is 5.92 Å². The lowest BCUT2D eigenvalue weighted by molar-refractivity contribution is 0.307. The summed E-state index contributed by atoms with van der Waals surface area (Å²) < 4.78 is 3.66. The minimum atomic E-state index is -0.477. The van der Waals surface area contributed by atoms with Gasteiger partial charge < -0.3 is 4.74 Å². The molecule has 0 aliphatic carbocycles. The molecule has 1 radical (unpaired) electrons. The van der Waals surface area contributed by atoms with Gasteiger partial charge in [0.05, 0.1) is 0 Å². The quantitative estimate of drug-likeness (QED) is 0.375. The molecule has 0 spiro atoms. The lowest BCUT2D eigenvalue weighted by Crippen LogP contribution is -1.96. The monoisotopic (exact) mass is 209 g/mol. The summed E-state index contributed by atoms with van der Waals surface area (Å²) in [6.45, 7) is 1.22. The number of terminal acetylenes is 1. The molecule has 0 bridgehead atoms. The Bertz CT molecular complexity index is 94.4. The van der Waals surface area contributed by atoms with Crippen LogP contribution < -0.4 is 0 Å². The van der Waals surface area contributed by atoms with Gasteiger partial charge in [0.25, 0.3) is 0 Å². The van der Waals surface area contributed by atoms with Gasteiger partial charge >= 0.3 is 6.47 Å². The molecule has 0 saturated heterocycles. The number of ether oxygens (including phenoxy) is 1. The summed E-state index contributed by atoms with van der Waals surface area (Å²) in [4.78, 5) is 9.33. The molecule has 2 nitrogen and oxygen atoms in total. The minimum Gasteiger partial charge on any atom is -0.431 e. The molecule has 0 heterocycles. The van der Waals surface area contributed by atoms with Gasteiger partial charge in [0, 0.05) is 0 Å². The van der Waals surface area contributed by atoms with Gasteiger partial charge in [-0.25, -0.2) is 4.79 Å². The van der Waals surface area contributed by atoms with Crippen LogP contribution in [0.2, 0.25) is 0 Å². The third-order valence-corrected chi connectivity index (χ3v) is 0.896. The third-order valence-electron chi connectivity index (χ3n) is 0.283. The van der Waals surface area contributed by atoms with Crippen molar-refractivity contribution in [3.63, 3.8) is 0 Å². The van der Waals surface area contributed by atoms with E-state index in [-0.39, 0.29) is 0 Å². The molecule has 1 unspecified atom stereocenters. The molecule has 0 aromatic rings. The highest BCUT2D eigenvalue weighted by molar-refractivity contribution is 14.1. The summed E-state index contributed by atoms with van der Waals surface area (Å²) >= 11 is 1.78. The summed E-state index contributed by atoms with van der Waals surface area (Å²) in [5.41, 5.74) is 0. The van der Waals surface area contributed by atoms with E-state index in [9.17, 15) is 4.79 Å². The maximum absolute atomic E-state index is 9.33. The van der Waals surface area contributed by atoms with Gasteiger partial charge in [-0.2, -0.15) is 0 Å². The molecule has 0 fully saturated rings. The largest absolute Gasteiger partial charge is 0.431 e. The van der Waals surface area contributed by atoms with Crippen LogP contribution >= 0.6 is 22.6 Å². The molecule has 0 rings (SSSR count). The van der Waals surface area contributed by atoms with E-state index in [4.69, 9.17) is 6.42 Å². The first-order valence-electron chi connectivity index (χ1n) is 1.44. The lowest BCUT2D eigenvalue weighted by Gasteiger charge is -1.91. The van der Waals surface area contributed by atoms with E-state index in [1.807, 2.05) is 0 Å². The highest BCUT2D eigenvalue weighted by Crippen LogP contribution is 1.95. The molecular formula is C4H2IO2. The average molecular weight is 209 g/mol. The summed E-state index contributed by atoms with van der Waals surface area (Å²) in [6, 6.07) is 0. The molecule has 0 amide bonds. The lowest BCUT2D eigenvalue weighted by atomic mass is 10.8.